The second-order valence-electron chi connectivity index (χ2n) is 8.53. The van der Waals surface area contributed by atoms with E-state index in [2.05, 4.69) is 14.5 Å². The van der Waals surface area contributed by atoms with Crippen LogP contribution in [-0.4, -0.2) is 57.1 Å². The molecule has 0 unspecified atom stereocenters. The van der Waals surface area contributed by atoms with E-state index in [0.717, 1.165) is 45.6 Å². The number of carboxylic acids is 1. The van der Waals surface area contributed by atoms with Gasteiger partial charge in [0.15, 0.2) is 0 Å². The number of carbonyl (C=O) groups is 1. The van der Waals surface area contributed by atoms with Crippen molar-refractivity contribution in [1.29, 1.82) is 0 Å². The molecule has 2 heterocycles. The number of nitrogens with one attached hydrogen (secondary N) is 1. The van der Waals surface area contributed by atoms with Crippen LogP contribution in [0.4, 0.5) is 11.4 Å². The predicted octanol–water partition coefficient (Wildman–Crippen LogP) is 4.15. The first-order chi connectivity index (χ1) is 15.3. The molecule has 2 N–H and O–H groups in total. The average molecular weight is 478 g/mol. The quantitative estimate of drug-likeness (QED) is 0.622. The summed E-state index contributed by atoms with van der Waals surface area (Å²) in [5.74, 6) is -0.616. The highest BCUT2D eigenvalue weighted by Gasteiger charge is 2.27. The van der Waals surface area contributed by atoms with E-state index in [0.29, 0.717) is 11.6 Å². The molecule has 7 nitrogen and oxygen atoms in total. The van der Waals surface area contributed by atoms with Crippen LogP contribution in [0.15, 0.2) is 47.4 Å². The van der Waals surface area contributed by atoms with Gasteiger partial charge in [0.1, 0.15) is 4.90 Å². The van der Waals surface area contributed by atoms with Crippen LogP contribution in [0.1, 0.15) is 36.0 Å². The summed E-state index contributed by atoms with van der Waals surface area (Å²) in [6.45, 7) is 4.94. The summed E-state index contributed by atoms with van der Waals surface area (Å²) in [6.07, 6.45) is 4.65. The molecule has 0 saturated carbocycles. The van der Waals surface area contributed by atoms with Gasteiger partial charge in [0.2, 0.25) is 0 Å². The van der Waals surface area contributed by atoms with Crippen molar-refractivity contribution in [2.75, 3.05) is 42.3 Å². The number of sulfonamides is 1. The monoisotopic (exact) mass is 477 g/mol. The Balaban J connectivity index is 1.62. The molecule has 1 atom stereocenters. The first kappa shape index (κ1) is 22.9. The van der Waals surface area contributed by atoms with Gasteiger partial charge in [-0.3, -0.25) is 4.72 Å². The fraction of sp³-hybridized carbons (Fsp3) is 0.435. The van der Waals surface area contributed by atoms with Crippen molar-refractivity contribution in [2.45, 2.75) is 30.6 Å². The number of hydrogen-bond acceptors (Lipinski definition) is 5. The lowest BCUT2D eigenvalue weighted by Gasteiger charge is -2.37. The zero-order valence-electron chi connectivity index (χ0n) is 17.8. The van der Waals surface area contributed by atoms with E-state index in [-0.39, 0.29) is 21.2 Å². The van der Waals surface area contributed by atoms with Crippen molar-refractivity contribution in [3.63, 3.8) is 0 Å². The number of carboxylic acid groups (broad SMARTS) is 1. The Labute approximate surface area is 194 Å². The third-order valence-electron chi connectivity index (χ3n) is 6.19. The van der Waals surface area contributed by atoms with E-state index in [1.807, 2.05) is 0 Å². The van der Waals surface area contributed by atoms with Crippen molar-refractivity contribution >= 4 is 39.0 Å². The lowest BCUT2D eigenvalue weighted by atomic mass is 9.96. The summed E-state index contributed by atoms with van der Waals surface area (Å²) in [7, 11) is -3.99. The van der Waals surface area contributed by atoms with Crippen LogP contribution in [0.2, 0.25) is 5.02 Å². The summed E-state index contributed by atoms with van der Waals surface area (Å²) < 4.78 is 28.7. The SMILES string of the molecule is O=C(O)c1ccc(N2CCC[C@H](CN3CCCC3)C2)c(NS(=O)(=O)c2ccccc2Cl)c1. The Morgan fingerprint density at radius 3 is 2.56 bits per heavy atom. The molecule has 2 aliphatic heterocycles. The number of benzene rings is 2. The maximum atomic E-state index is 13.1. The summed E-state index contributed by atoms with van der Waals surface area (Å²) in [5, 5.41) is 9.56. The number of piperidine rings is 1. The summed E-state index contributed by atoms with van der Waals surface area (Å²) in [6, 6.07) is 10.8. The highest BCUT2D eigenvalue weighted by atomic mass is 35.5. The molecule has 32 heavy (non-hydrogen) atoms. The molecule has 172 valence electrons. The van der Waals surface area contributed by atoms with Crippen LogP contribution in [0, 0.1) is 5.92 Å². The molecule has 0 amide bonds. The molecular weight excluding hydrogens is 450 g/mol. The Morgan fingerprint density at radius 1 is 1.09 bits per heavy atom. The van der Waals surface area contributed by atoms with Gasteiger partial charge in [-0.1, -0.05) is 23.7 Å². The molecule has 2 saturated heterocycles. The van der Waals surface area contributed by atoms with E-state index in [1.165, 1.54) is 37.1 Å². The lowest BCUT2D eigenvalue weighted by molar-refractivity contribution is 0.0697. The fourth-order valence-corrected chi connectivity index (χ4v) is 6.24. The van der Waals surface area contributed by atoms with Gasteiger partial charge in [-0.25, -0.2) is 13.2 Å². The van der Waals surface area contributed by atoms with Gasteiger partial charge in [-0.05, 0) is 75.0 Å². The molecule has 2 aromatic rings. The minimum absolute atomic E-state index is 0.0243. The topological polar surface area (TPSA) is 89.9 Å². The highest BCUT2D eigenvalue weighted by molar-refractivity contribution is 7.92. The van der Waals surface area contributed by atoms with Crippen LogP contribution in [0.3, 0.4) is 0 Å². The first-order valence-electron chi connectivity index (χ1n) is 11.0. The summed E-state index contributed by atoms with van der Waals surface area (Å²) >= 11 is 6.12. The predicted molar refractivity (Wildman–Crippen MR) is 126 cm³/mol. The van der Waals surface area contributed by atoms with Crippen molar-refractivity contribution in [3.05, 3.63) is 53.1 Å². The zero-order valence-corrected chi connectivity index (χ0v) is 19.4. The minimum Gasteiger partial charge on any atom is -0.478 e. The number of nitrogens with zero attached hydrogens (tertiary/aromatic N) is 2. The van der Waals surface area contributed by atoms with Gasteiger partial charge in [0.05, 0.1) is 22.0 Å². The molecule has 0 radical (unpaired) electrons. The van der Waals surface area contributed by atoms with E-state index >= 15 is 0 Å². The molecule has 2 fully saturated rings. The number of aromatic carboxylic acids is 1. The second kappa shape index (κ2) is 9.68. The molecule has 0 aromatic heterocycles. The van der Waals surface area contributed by atoms with Crippen molar-refractivity contribution in [2.24, 2.45) is 5.92 Å². The number of anilines is 2. The summed E-state index contributed by atoms with van der Waals surface area (Å²) in [5.41, 5.74) is 0.972. The Morgan fingerprint density at radius 2 is 1.84 bits per heavy atom. The standard InChI is InChI=1S/C23H28ClN3O4S/c24-19-7-1-2-8-22(19)32(30,31)25-20-14-18(23(28)29)9-10-21(20)27-13-5-6-17(16-27)15-26-11-3-4-12-26/h1-2,7-10,14,17,25H,3-6,11-13,15-16H2,(H,28,29)/t17-/m1/s1. The third-order valence-corrected chi connectivity index (χ3v) is 8.05. The largest absolute Gasteiger partial charge is 0.478 e. The normalized spacial score (nSPS) is 19.8. The number of likely N-dealkylation sites (tertiary alicyclic amines) is 1. The van der Waals surface area contributed by atoms with Crippen LogP contribution < -0.4 is 9.62 Å². The Kier molecular flexibility index (Phi) is 6.93. The Bertz CT molecular complexity index is 1090. The molecule has 9 heteroatoms. The molecule has 2 aliphatic rings. The summed E-state index contributed by atoms with van der Waals surface area (Å²) in [4.78, 5) is 16.2. The Hall–Kier alpha value is -2.29. The molecule has 2 aromatic carbocycles. The van der Waals surface area contributed by atoms with Crippen molar-refractivity contribution in [3.8, 4) is 0 Å². The highest BCUT2D eigenvalue weighted by Crippen LogP contribution is 2.34. The molecular formula is C23H28ClN3O4S. The zero-order chi connectivity index (χ0) is 22.7. The van der Waals surface area contributed by atoms with Crippen LogP contribution in [0.25, 0.3) is 0 Å². The van der Waals surface area contributed by atoms with Gasteiger partial charge >= 0.3 is 5.97 Å². The van der Waals surface area contributed by atoms with E-state index in [9.17, 15) is 18.3 Å². The van der Waals surface area contributed by atoms with Gasteiger partial charge in [-0.15, -0.1) is 0 Å². The fourth-order valence-electron chi connectivity index (χ4n) is 4.65. The maximum Gasteiger partial charge on any atom is 0.335 e. The third kappa shape index (κ3) is 5.19. The maximum absolute atomic E-state index is 13.1. The number of halogens is 1. The molecule has 0 spiro atoms. The number of hydrogen-bond donors (Lipinski definition) is 2. The second-order valence-corrected chi connectivity index (χ2v) is 10.6. The van der Waals surface area contributed by atoms with Crippen molar-refractivity contribution in [1.82, 2.24) is 4.90 Å². The number of rotatable bonds is 7. The molecule has 4 rings (SSSR count). The van der Waals surface area contributed by atoms with E-state index in [4.69, 9.17) is 11.6 Å². The van der Waals surface area contributed by atoms with Crippen LogP contribution in [0.5, 0.6) is 0 Å². The molecule has 0 aliphatic carbocycles. The van der Waals surface area contributed by atoms with Crippen LogP contribution >= 0.6 is 11.6 Å². The first-order valence-corrected chi connectivity index (χ1v) is 12.8. The van der Waals surface area contributed by atoms with E-state index in [1.54, 1.807) is 18.2 Å². The average Bonchev–Trinajstić information content (AvgIpc) is 3.27. The van der Waals surface area contributed by atoms with Crippen LogP contribution in [-0.2, 0) is 10.0 Å². The van der Waals surface area contributed by atoms with Gasteiger partial charge in [0.25, 0.3) is 10.0 Å². The van der Waals surface area contributed by atoms with E-state index < -0.39 is 16.0 Å². The minimum atomic E-state index is -3.99. The molecule has 0 bridgehead atoms. The lowest BCUT2D eigenvalue weighted by Crippen LogP contribution is -2.40. The van der Waals surface area contributed by atoms with Gasteiger partial charge < -0.3 is 14.9 Å². The smallest absolute Gasteiger partial charge is 0.335 e. The van der Waals surface area contributed by atoms with Gasteiger partial charge in [-0.2, -0.15) is 0 Å². The van der Waals surface area contributed by atoms with Gasteiger partial charge in [0, 0.05) is 19.6 Å². The van der Waals surface area contributed by atoms with Crippen molar-refractivity contribution < 1.29 is 18.3 Å².